The molecule has 1 unspecified atom stereocenters. The average molecular weight is 283 g/mol. The van der Waals surface area contributed by atoms with E-state index in [9.17, 15) is 0 Å². The van der Waals surface area contributed by atoms with E-state index in [2.05, 4.69) is 33.7 Å². The highest BCUT2D eigenvalue weighted by atomic mass is 15.2. The predicted molar refractivity (Wildman–Crippen MR) is 86.7 cm³/mol. The molecule has 0 spiro atoms. The molecule has 3 heterocycles. The zero-order valence-electron chi connectivity index (χ0n) is 12.3. The molecule has 1 atom stereocenters. The van der Waals surface area contributed by atoms with Gasteiger partial charge < -0.3 is 16.0 Å². The lowest BCUT2D eigenvalue weighted by Crippen LogP contribution is -2.19. The second-order valence-electron chi connectivity index (χ2n) is 5.74. The summed E-state index contributed by atoms with van der Waals surface area (Å²) in [6.45, 7) is 9.01. The summed E-state index contributed by atoms with van der Waals surface area (Å²) in [5.74, 6) is 1.78. The molecule has 1 aromatic heterocycles. The van der Waals surface area contributed by atoms with Gasteiger partial charge >= 0.3 is 0 Å². The van der Waals surface area contributed by atoms with Crippen molar-refractivity contribution in [2.75, 3.05) is 24.5 Å². The van der Waals surface area contributed by atoms with Gasteiger partial charge in [-0.15, -0.1) is 0 Å². The largest absolute Gasteiger partial charge is 0.400 e. The van der Waals surface area contributed by atoms with Crippen molar-refractivity contribution in [2.24, 2.45) is 16.6 Å². The van der Waals surface area contributed by atoms with E-state index >= 15 is 0 Å². The quantitative estimate of drug-likeness (QED) is 0.832. The predicted octanol–water partition coefficient (Wildman–Crippen LogP) is 1.96. The Bertz CT molecular complexity index is 600. The first kappa shape index (κ1) is 13.7. The van der Waals surface area contributed by atoms with Crippen LogP contribution in [-0.4, -0.2) is 30.8 Å². The monoisotopic (exact) mass is 283 g/mol. The Morgan fingerprint density at radius 2 is 2.38 bits per heavy atom. The lowest BCUT2D eigenvalue weighted by Gasteiger charge is -2.16. The van der Waals surface area contributed by atoms with Crippen molar-refractivity contribution >= 4 is 17.7 Å². The Labute approximate surface area is 125 Å². The SMILES string of the molecule is C=C1NCC(N)=C1C=Nc1ccc(N2CCC(C)C2)nc1. The van der Waals surface area contributed by atoms with Crippen LogP contribution >= 0.6 is 0 Å². The van der Waals surface area contributed by atoms with Gasteiger partial charge in [-0.25, -0.2) is 4.98 Å². The first-order chi connectivity index (χ1) is 10.1. The third kappa shape index (κ3) is 2.91. The number of aliphatic imine (C=N–C) groups is 1. The molecule has 1 aromatic rings. The van der Waals surface area contributed by atoms with Crippen LogP contribution in [0.25, 0.3) is 0 Å². The molecule has 0 saturated carbocycles. The van der Waals surface area contributed by atoms with Gasteiger partial charge in [-0.05, 0) is 24.5 Å². The van der Waals surface area contributed by atoms with Gasteiger partial charge in [0.25, 0.3) is 0 Å². The number of nitrogens with two attached hydrogens (primary N) is 1. The Kier molecular flexibility index (Phi) is 3.64. The molecule has 0 radical (unpaired) electrons. The van der Waals surface area contributed by atoms with Crippen molar-refractivity contribution in [1.82, 2.24) is 10.3 Å². The van der Waals surface area contributed by atoms with Crippen molar-refractivity contribution in [3.8, 4) is 0 Å². The highest BCUT2D eigenvalue weighted by Gasteiger charge is 2.19. The van der Waals surface area contributed by atoms with Gasteiger partial charge in [0.1, 0.15) is 5.82 Å². The van der Waals surface area contributed by atoms with Crippen molar-refractivity contribution in [1.29, 1.82) is 0 Å². The van der Waals surface area contributed by atoms with Crippen LogP contribution in [0.15, 0.2) is 46.9 Å². The summed E-state index contributed by atoms with van der Waals surface area (Å²) in [6.07, 6.45) is 4.80. The maximum absolute atomic E-state index is 5.90. The van der Waals surface area contributed by atoms with Gasteiger partial charge in [-0.1, -0.05) is 13.5 Å². The molecule has 5 nitrogen and oxygen atoms in total. The zero-order chi connectivity index (χ0) is 14.8. The molecule has 5 heteroatoms. The summed E-state index contributed by atoms with van der Waals surface area (Å²) in [6, 6.07) is 4.02. The van der Waals surface area contributed by atoms with Crippen molar-refractivity contribution in [3.63, 3.8) is 0 Å². The number of nitrogens with one attached hydrogen (secondary N) is 1. The molecule has 110 valence electrons. The molecule has 1 saturated heterocycles. The molecular formula is C16H21N5. The molecule has 3 N–H and O–H groups in total. The number of rotatable bonds is 3. The van der Waals surface area contributed by atoms with E-state index in [0.29, 0.717) is 6.54 Å². The summed E-state index contributed by atoms with van der Waals surface area (Å²) in [5, 5.41) is 3.10. The van der Waals surface area contributed by atoms with Gasteiger partial charge in [-0.2, -0.15) is 0 Å². The summed E-state index contributed by atoms with van der Waals surface area (Å²) in [7, 11) is 0. The van der Waals surface area contributed by atoms with Crippen LogP contribution < -0.4 is 16.0 Å². The maximum Gasteiger partial charge on any atom is 0.128 e. The number of hydrogen-bond acceptors (Lipinski definition) is 5. The minimum absolute atomic E-state index is 0.643. The Morgan fingerprint density at radius 3 is 2.95 bits per heavy atom. The average Bonchev–Trinajstić information content (AvgIpc) is 3.05. The first-order valence-electron chi connectivity index (χ1n) is 7.30. The highest BCUT2D eigenvalue weighted by molar-refractivity contribution is 5.88. The van der Waals surface area contributed by atoms with Gasteiger partial charge in [0, 0.05) is 36.3 Å². The Hall–Kier alpha value is -2.30. The summed E-state index contributed by atoms with van der Waals surface area (Å²) in [5.41, 5.74) is 9.21. The summed E-state index contributed by atoms with van der Waals surface area (Å²) < 4.78 is 0. The fourth-order valence-corrected chi connectivity index (χ4v) is 2.67. The van der Waals surface area contributed by atoms with E-state index in [4.69, 9.17) is 5.73 Å². The van der Waals surface area contributed by atoms with Gasteiger partial charge in [0.05, 0.1) is 18.4 Å². The van der Waals surface area contributed by atoms with Crippen LogP contribution in [0.1, 0.15) is 13.3 Å². The Morgan fingerprint density at radius 1 is 1.52 bits per heavy atom. The summed E-state index contributed by atoms with van der Waals surface area (Å²) >= 11 is 0. The molecule has 21 heavy (non-hydrogen) atoms. The Balaban J connectivity index is 1.70. The minimum atomic E-state index is 0.643. The molecule has 2 aliphatic heterocycles. The van der Waals surface area contributed by atoms with Crippen molar-refractivity contribution < 1.29 is 0 Å². The smallest absolute Gasteiger partial charge is 0.128 e. The number of allylic oxidation sites excluding steroid dienone is 1. The lowest BCUT2D eigenvalue weighted by atomic mass is 10.2. The first-order valence-corrected chi connectivity index (χ1v) is 7.30. The molecule has 1 fully saturated rings. The third-order valence-corrected chi connectivity index (χ3v) is 3.99. The zero-order valence-corrected chi connectivity index (χ0v) is 12.3. The van der Waals surface area contributed by atoms with Crippen LogP contribution in [0.2, 0.25) is 0 Å². The van der Waals surface area contributed by atoms with E-state index in [-0.39, 0.29) is 0 Å². The molecule has 0 aromatic carbocycles. The molecular weight excluding hydrogens is 262 g/mol. The number of anilines is 1. The van der Waals surface area contributed by atoms with Gasteiger partial charge in [0.2, 0.25) is 0 Å². The van der Waals surface area contributed by atoms with Crippen molar-refractivity contribution in [3.05, 3.63) is 41.9 Å². The molecule has 0 aliphatic carbocycles. The molecule has 3 rings (SSSR count). The second-order valence-corrected chi connectivity index (χ2v) is 5.74. The number of hydrogen-bond donors (Lipinski definition) is 2. The number of pyridine rings is 1. The van der Waals surface area contributed by atoms with Gasteiger partial charge in [-0.3, -0.25) is 4.99 Å². The van der Waals surface area contributed by atoms with E-state index in [1.165, 1.54) is 6.42 Å². The lowest BCUT2D eigenvalue weighted by molar-refractivity contribution is 0.659. The molecule has 2 aliphatic rings. The molecule has 0 bridgehead atoms. The summed E-state index contributed by atoms with van der Waals surface area (Å²) in [4.78, 5) is 11.3. The van der Waals surface area contributed by atoms with Crippen LogP contribution in [0, 0.1) is 5.92 Å². The number of nitrogens with zero attached hydrogens (tertiary/aromatic N) is 3. The standard InChI is InChI=1S/C16H21N5/c1-11-5-6-21(10-11)16-4-3-13(7-20-16)19-8-14-12(2)18-9-15(14)17/h3-4,7-8,11,18H,2,5-6,9-10,17H2,1H3. The van der Waals surface area contributed by atoms with E-state index in [1.54, 1.807) is 12.4 Å². The fourth-order valence-electron chi connectivity index (χ4n) is 2.67. The second kappa shape index (κ2) is 5.60. The van der Waals surface area contributed by atoms with Gasteiger partial charge in [0.15, 0.2) is 0 Å². The third-order valence-electron chi connectivity index (χ3n) is 3.99. The van der Waals surface area contributed by atoms with Crippen LogP contribution in [-0.2, 0) is 0 Å². The fraction of sp³-hybridized carbons (Fsp3) is 0.375. The topological polar surface area (TPSA) is 66.5 Å². The maximum atomic E-state index is 5.90. The van der Waals surface area contributed by atoms with E-state index < -0.39 is 0 Å². The van der Waals surface area contributed by atoms with Crippen molar-refractivity contribution in [2.45, 2.75) is 13.3 Å². The normalized spacial score (nSPS) is 22.4. The van der Waals surface area contributed by atoms with Crippen LogP contribution in [0.3, 0.4) is 0 Å². The van der Waals surface area contributed by atoms with Crippen LogP contribution in [0.4, 0.5) is 11.5 Å². The van der Waals surface area contributed by atoms with E-state index in [0.717, 1.165) is 47.5 Å². The minimum Gasteiger partial charge on any atom is -0.400 e. The molecule has 0 amide bonds. The highest BCUT2D eigenvalue weighted by Crippen LogP contribution is 2.23. The number of aromatic nitrogens is 1. The van der Waals surface area contributed by atoms with E-state index in [1.807, 2.05) is 12.1 Å². The van der Waals surface area contributed by atoms with Crippen LogP contribution in [0.5, 0.6) is 0 Å².